The van der Waals surface area contributed by atoms with Crippen molar-refractivity contribution >= 4 is 12.1 Å². The van der Waals surface area contributed by atoms with Crippen LogP contribution < -0.4 is 5.32 Å². The highest BCUT2D eigenvalue weighted by Gasteiger charge is 2.72. The van der Waals surface area contributed by atoms with E-state index in [0.717, 1.165) is 51.4 Å². The fourth-order valence-electron chi connectivity index (χ4n) is 12.0. The van der Waals surface area contributed by atoms with Gasteiger partial charge in [0, 0.05) is 12.0 Å². The summed E-state index contributed by atoms with van der Waals surface area (Å²) in [5.41, 5.74) is 1.10. The summed E-state index contributed by atoms with van der Waals surface area (Å²) in [5.74, 6) is 1.58. The van der Waals surface area contributed by atoms with Gasteiger partial charge in [0.05, 0.1) is 5.41 Å². The third-order valence-electron chi connectivity index (χ3n) is 14.0. The lowest BCUT2D eigenvalue weighted by Gasteiger charge is -2.72. The maximum absolute atomic E-state index is 12.9. The molecule has 2 N–H and O–H groups in total. The predicted octanol–water partition coefficient (Wildman–Crippen LogP) is 7.84. The minimum atomic E-state index is -0.561. The molecule has 38 heavy (non-hydrogen) atoms. The highest BCUT2D eigenvalue weighted by atomic mass is 16.6. The highest BCUT2D eigenvalue weighted by Crippen LogP contribution is 2.77. The summed E-state index contributed by atoms with van der Waals surface area (Å²) in [4.78, 5) is 25.2. The van der Waals surface area contributed by atoms with Crippen LogP contribution in [0.2, 0.25) is 0 Å². The largest absolute Gasteiger partial charge is 0.481 e. The van der Waals surface area contributed by atoms with E-state index < -0.39 is 11.4 Å². The molecule has 0 aromatic heterocycles. The van der Waals surface area contributed by atoms with Crippen LogP contribution in [-0.2, 0) is 9.53 Å². The molecule has 5 nitrogen and oxygen atoms in total. The lowest BCUT2D eigenvalue weighted by molar-refractivity contribution is -0.247. The molecule has 0 spiro atoms. The van der Waals surface area contributed by atoms with Gasteiger partial charge in [-0.15, -0.1) is 0 Å². The van der Waals surface area contributed by atoms with Crippen LogP contribution in [0.15, 0.2) is 12.2 Å². The Hall–Kier alpha value is -1.52. The normalized spacial score (nSPS) is 49.0. The summed E-state index contributed by atoms with van der Waals surface area (Å²) in [6.45, 7) is 21.4. The van der Waals surface area contributed by atoms with Crippen LogP contribution in [0.3, 0.4) is 0 Å². The number of amides is 1. The number of allylic oxidation sites excluding steroid dienone is 1. The molecule has 10 atom stereocenters. The highest BCUT2D eigenvalue weighted by molar-refractivity contribution is 5.76. The van der Waals surface area contributed by atoms with Gasteiger partial charge in [0.2, 0.25) is 0 Å². The van der Waals surface area contributed by atoms with Crippen LogP contribution >= 0.6 is 0 Å². The summed E-state index contributed by atoms with van der Waals surface area (Å²) in [6.07, 6.45) is 10.0. The molecule has 0 saturated heterocycles. The first-order chi connectivity index (χ1) is 17.7. The van der Waals surface area contributed by atoms with Gasteiger partial charge in [-0.1, -0.05) is 46.8 Å². The first-order valence-corrected chi connectivity index (χ1v) is 15.5. The number of alkyl carbamates (subject to hydrolysis) is 1. The van der Waals surface area contributed by atoms with E-state index in [1.807, 2.05) is 6.92 Å². The number of nitrogens with one attached hydrogen (secondary N) is 1. The zero-order valence-corrected chi connectivity index (χ0v) is 25.1. The summed E-state index contributed by atoms with van der Waals surface area (Å²) in [5, 5.41) is 13.4. The number of carboxylic acids is 1. The summed E-state index contributed by atoms with van der Waals surface area (Å²) < 4.78 is 6.01. The molecule has 5 aliphatic carbocycles. The second-order valence-corrected chi connectivity index (χ2v) is 15.4. The van der Waals surface area contributed by atoms with Gasteiger partial charge in [0.25, 0.3) is 0 Å². The molecule has 0 aliphatic heterocycles. The van der Waals surface area contributed by atoms with E-state index in [1.54, 1.807) is 0 Å². The molecule has 5 saturated carbocycles. The number of hydrogen-bond acceptors (Lipinski definition) is 3. The zero-order valence-electron chi connectivity index (χ0n) is 25.1. The Morgan fingerprint density at radius 3 is 2.24 bits per heavy atom. The molecule has 5 fully saturated rings. The van der Waals surface area contributed by atoms with Crippen LogP contribution in [0, 0.1) is 56.7 Å². The number of rotatable bonds is 4. The van der Waals surface area contributed by atoms with Crippen molar-refractivity contribution < 1.29 is 19.4 Å². The molecule has 5 aliphatic rings. The van der Waals surface area contributed by atoms with Gasteiger partial charge in [-0.25, -0.2) is 4.79 Å². The van der Waals surface area contributed by atoms with Crippen LogP contribution in [0.25, 0.3) is 0 Å². The standard InChI is InChI=1S/C33H53NO4/c1-9-34-28(37)38-25-14-15-30(6)23(29(25,4)5)13-16-32(8)24(30)11-10-22-26-21(20(2)3)12-17-33(26,27(35)36)19-18-31(22,32)7/h21-26H,2,9-19H2,1,3-8H3,(H,34,37)(H,35,36)/t21?,22?,23?,24?,25-,26?,30-,31+,32+,33-/m0/s1. The number of aliphatic carboxylic acids is 1. The molecule has 5 heteroatoms. The average Bonchev–Trinajstić information content (AvgIpc) is 3.23. The van der Waals surface area contributed by atoms with E-state index in [4.69, 9.17) is 4.74 Å². The van der Waals surface area contributed by atoms with Crippen LogP contribution in [0.1, 0.15) is 113 Å². The third kappa shape index (κ3) is 3.54. The Morgan fingerprint density at radius 2 is 1.61 bits per heavy atom. The number of ether oxygens (including phenoxy) is 1. The monoisotopic (exact) mass is 527 g/mol. The SMILES string of the molecule is C=C(C)C1CC[C@]2(C(=O)O)CC[C@]3(C)C(CCC4[C@@]5(C)CC[C@H](OC(=O)NCC)C(C)(C)C5CC[C@]43C)C12. The number of carboxylic acid groups (broad SMARTS) is 1. The van der Waals surface area contributed by atoms with E-state index in [-0.39, 0.29) is 39.8 Å². The maximum Gasteiger partial charge on any atom is 0.407 e. The van der Waals surface area contributed by atoms with Gasteiger partial charge >= 0.3 is 12.1 Å². The van der Waals surface area contributed by atoms with E-state index in [0.29, 0.717) is 30.2 Å². The van der Waals surface area contributed by atoms with Crippen LogP contribution in [0.5, 0.6) is 0 Å². The van der Waals surface area contributed by atoms with E-state index >= 15 is 0 Å². The Balaban J connectivity index is 1.48. The van der Waals surface area contributed by atoms with Crippen LogP contribution in [-0.4, -0.2) is 29.8 Å². The molecule has 0 radical (unpaired) electrons. The van der Waals surface area contributed by atoms with Crippen molar-refractivity contribution in [2.45, 2.75) is 119 Å². The molecule has 5 rings (SSSR count). The molecule has 0 bridgehead atoms. The van der Waals surface area contributed by atoms with Crippen molar-refractivity contribution in [2.24, 2.45) is 56.7 Å². The Morgan fingerprint density at radius 1 is 0.895 bits per heavy atom. The molecule has 214 valence electrons. The van der Waals surface area contributed by atoms with Crippen molar-refractivity contribution in [3.63, 3.8) is 0 Å². The first-order valence-electron chi connectivity index (χ1n) is 15.5. The second-order valence-electron chi connectivity index (χ2n) is 15.4. The van der Waals surface area contributed by atoms with Crippen molar-refractivity contribution in [1.29, 1.82) is 0 Å². The van der Waals surface area contributed by atoms with Gasteiger partial charge in [0.1, 0.15) is 6.10 Å². The average molecular weight is 528 g/mol. The quantitative estimate of drug-likeness (QED) is 0.365. The van der Waals surface area contributed by atoms with Crippen molar-refractivity contribution in [3.8, 4) is 0 Å². The van der Waals surface area contributed by atoms with Gasteiger partial charge in [-0.3, -0.25) is 4.79 Å². The third-order valence-corrected chi connectivity index (χ3v) is 14.0. The smallest absolute Gasteiger partial charge is 0.407 e. The molecule has 1 amide bonds. The van der Waals surface area contributed by atoms with E-state index in [1.165, 1.54) is 18.4 Å². The Labute approximate surface area is 230 Å². The van der Waals surface area contributed by atoms with Crippen molar-refractivity contribution in [3.05, 3.63) is 12.2 Å². The van der Waals surface area contributed by atoms with Crippen LogP contribution in [0.4, 0.5) is 4.79 Å². The summed E-state index contributed by atoms with van der Waals surface area (Å²) in [6, 6.07) is 0. The minimum absolute atomic E-state index is 0.0518. The maximum atomic E-state index is 12.9. The lowest BCUT2D eigenvalue weighted by Crippen LogP contribution is -2.67. The van der Waals surface area contributed by atoms with E-state index in [9.17, 15) is 14.7 Å². The number of fused-ring (bicyclic) bond motifs is 7. The van der Waals surface area contributed by atoms with E-state index in [2.05, 4.69) is 53.4 Å². The summed E-state index contributed by atoms with van der Waals surface area (Å²) in [7, 11) is 0. The first kappa shape index (κ1) is 28.0. The second kappa shape index (κ2) is 8.99. The molecule has 5 unspecified atom stereocenters. The van der Waals surface area contributed by atoms with Gasteiger partial charge in [-0.05, 0) is 124 Å². The van der Waals surface area contributed by atoms with Crippen molar-refractivity contribution in [2.75, 3.05) is 6.54 Å². The number of carbonyl (C=O) groups excluding carboxylic acids is 1. The van der Waals surface area contributed by atoms with Gasteiger partial charge < -0.3 is 15.2 Å². The molecule has 0 aromatic carbocycles. The zero-order chi connectivity index (χ0) is 27.9. The molecule has 0 aromatic rings. The molecular weight excluding hydrogens is 474 g/mol. The Bertz CT molecular complexity index is 1000. The fraction of sp³-hybridized carbons (Fsp3) is 0.879. The number of carbonyl (C=O) groups is 2. The van der Waals surface area contributed by atoms with Gasteiger partial charge in [-0.2, -0.15) is 0 Å². The number of hydrogen-bond donors (Lipinski definition) is 2. The fourth-order valence-corrected chi connectivity index (χ4v) is 12.0. The minimum Gasteiger partial charge on any atom is -0.481 e. The summed E-state index contributed by atoms with van der Waals surface area (Å²) >= 11 is 0. The molecule has 0 heterocycles. The van der Waals surface area contributed by atoms with Crippen molar-refractivity contribution in [1.82, 2.24) is 5.32 Å². The Kier molecular flexibility index (Phi) is 6.63. The lowest BCUT2D eigenvalue weighted by atomic mass is 9.32. The predicted molar refractivity (Wildman–Crippen MR) is 151 cm³/mol. The topological polar surface area (TPSA) is 75.6 Å². The van der Waals surface area contributed by atoms with Gasteiger partial charge in [0.15, 0.2) is 0 Å². The molecular formula is C33H53NO4.